The monoisotopic (exact) mass is 402 g/mol. The number of ether oxygens (including phenoxy) is 4. The Bertz CT molecular complexity index is 337. The predicted molar refractivity (Wildman–Crippen MR) is 116 cm³/mol. The lowest BCUT2D eigenvalue weighted by molar-refractivity contribution is -0.169. The molecule has 4 atom stereocenters. The molecule has 0 aliphatic rings. The van der Waals surface area contributed by atoms with Gasteiger partial charge in [-0.2, -0.15) is 0 Å². The summed E-state index contributed by atoms with van der Waals surface area (Å²) in [6, 6.07) is 0. The fourth-order valence-electron chi connectivity index (χ4n) is 2.74. The number of hydrogen-bond donors (Lipinski definition) is 1. The highest BCUT2D eigenvalue weighted by Gasteiger charge is 2.35. The van der Waals surface area contributed by atoms with Gasteiger partial charge >= 0.3 is 0 Å². The van der Waals surface area contributed by atoms with Gasteiger partial charge in [0.2, 0.25) is 0 Å². The molecule has 0 saturated carbocycles. The van der Waals surface area contributed by atoms with E-state index in [0.717, 1.165) is 51.4 Å². The van der Waals surface area contributed by atoms with E-state index in [9.17, 15) is 5.11 Å². The highest BCUT2D eigenvalue weighted by Crippen LogP contribution is 2.19. The zero-order valence-corrected chi connectivity index (χ0v) is 18.9. The van der Waals surface area contributed by atoms with Crippen molar-refractivity contribution in [2.45, 2.75) is 103 Å². The van der Waals surface area contributed by atoms with Crippen LogP contribution >= 0.6 is 0 Å². The van der Waals surface area contributed by atoms with Gasteiger partial charge in [0, 0.05) is 26.4 Å². The molecule has 0 saturated heterocycles. The smallest absolute Gasteiger partial charge is 0.116 e. The van der Waals surface area contributed by atoms with Crippen LogP contribution in [0.15, 0.2) is 12.7 Å². The summed E-state index contributed by atoms with van der Waals surface area (Å²) in [4.78, 5) is 0. The average molecular weight is 403 g/mol. The molecule has 0 aromatic carbocycles. The first-order valence-corrected chi connectivity index (χ1v) is 11.4. The Labute approximate surface area is 173 Å². The number of aliphatic hydroxyl groups is 1. The first-order valence-electron chi connectivity index (χ1n) is 11.4. The maximum absolute atomic E-state index is 10.8. The molecular formula is C23H46O5. The molecule has 0 rings (SSSR count). The lowest BCUT2D eigenvalue weighted by Crippen LogP contribution is -2.50. The van der Waals surface area contributed by atoms with Crippen LogP contribution in [0.1, 0.15) is 79.1 Å². The molecule has 0 aromatic rings. The second-order valence-electron chi connectivity index (χ2n) is 7.30. The van der Waals surface area contributed by atoms with Crippen LogP contribution in [0.25, 0.3) is 0 Å². The Morgan fingerprint density at radius 1 is 0.714 bits per heavy atom. The van der Waals surface area contributed by atoms with Crippen LogP contribution in [-0.4, -0.2) is 62.6 Å². The molecule has 5 heteroatoms. The normalized spacial score (nSPS) is 15.9. The van der Waals surface area contributed by atoms with Crippen molar-refractivity contribution in [1.82, 2.24) is 0 Å². The molecule has 0 amide bonds. The van der Waals surface area contributed by atoms with Crippen molar-refractivity contribution in [2.75, 3.05) is 33.0 Å². The van der Waals surface area contributed by atoms with Crippen LogP contribution in [0, 0.1) is 0 Å². The topological polar surface area (TPSA) is 57.2 Å². The summed E-state index contributed by atoms with van der Waals surface area (Å²) < 4.78 is 24.0. The molecule has 5 nitrogen and oxygen atoms in total. The zero-order valence-electron chi connectivity index (χ0n) is 18.9. The molecule has 0 fully saturated rings. The van der Waals surface area contributed by atoms with E-state index in [1.807, 2.05) is 0 Å². The minimum absolute atomic E-state index is 0.239. The van der Waals surface area contributed by atoms with Gasteiger partial charge in [0.25, 0.3) is 0 Å². The molecule has 0 unspecified atom stereocenters. The first kappa shape index (κ1) is 27.5. The summed E-state index contributed by atoms with van der Waals surface area (Å²) in [6.07, 6.45) is 7.87. The lowest BCUT2D eigenvalue weighted by Gasteiger charge is -2.35. The average Bonchev–Trinajstić information content (AvgIpc) is 2.70. The van der Waals surface area contributed by atoms with E-state index in [2.05, 4.69) is 34.3 Å². The summed E-state index contributed by atoms with van der Waals surface area (Å²) in [7, 11) is 0. The van der Waals surface area contributed by atoms with Crippen LogP contribution in [0.3, 0.4) is 0 Å². The molecule has 28 heavy (non-hydrogen) atoms. The van der Waals surface area contributed by atoms with E-state index in [1.54, 1.807) is 6.08 Å². The predicted octanol–water partition coefficient (Wildman–Crippen LogP) is 4.91. The Morgan fingerprint density at radius 2 is 1.18 bits per heavy atom. The van der Waals surface area contributed by atoms with Crippen LogP contribution in [0.4, 0.5) is 0 Å². The van der Waals surface area contributed by atoms with Crippen LogP contribution in [0.5, 0.6) is 0 Å². The fourth-order valence-corrected chi connectivity index (χ4v) is 2.74. The van der Waals surface area contributed by atoms with Gasteiger partial charge in [0.1, 0.15) is 24.4 Å². The molecule has 0 aliphatic heterocycles. The van der Waals surface area contributed by atoms with Crippen LogP contribution in [-0.2, 0) is 18.9 Å². The minimum atomic E-state index is -0.766. The molecule has 168 valence electrons. The third kappa shape index (κ3) is 12.9. The lowest BCUT2D eigenvalue weighted by atomic mass is 10.0. The molecule has 0 radical (unpaired) electrons. The number of aliphatic hydroxyl groups excluding tert-OH is 1. The molecule has 0 aliphatic carbocycles. The number of unbranched alkanes of at least 4 members (excludes halogenated alkanes) is 4. The van der Waals surface area contributed by atoms with Crippen molar-refractivity contribution in [2.24, 2.45) is 0 Å². The van der Waals surface area contributed by atoms with E-state index in [-0.39, 0.29) is 12.7 Å². The SMILES string of the molecule is C=C[C@H](OCCCC)[C@@H](OCCCC)[C@@H](OCCCC)[C@H](O)COCCCC. The van der Waals surface area contributed by atoms with Crippen molar-refractivity contribution in [3.63, 3.8) is 0 Å². The van der Waals surface area contributed by atoms with Gasteiger partial charge in [-0.25, -0.2) is 0 Å². The third-order valence-corrected chi connectivity index (χ3v) is 4.61. The molecule has 0 spiro atoms. The summed E-state index contributed by atoms with van der Waals surface area (Å²) in [5.41, 5.74) is 0. The quantitative estimate of drug-likeness (QED) is 0.218. The van der Waals surface area contributed by atoms with Crippen LogP contribution < -0.4 is 0 Å². The van der Waals surface area contributed by atoms with E-state index in [0.29, 0.717) is 26.4 Å². The maximum Gasteiger partial charge on any atom is 0.116 e. The van der Waals surface area contributed by atoms with E-state index in [4.69, 9.17) is 18.9 Å². The van der Waals surface area contributed by atoms with Crippen molar-refractivity contribution in [1.29, 1.82) is 0 Å². The number of rotatable bonds is 21. The fraction of sp³-hybridized carbons (Fsp3) is 0.913. The van der Waals surface area contributed by atoms with Gasteiger partial charge in [0.15, 0.2) is 0 Å². The van der Waals surface area contributed by atoms with Crippen molar-refractivity contribution in [3.05, 3.63) is 12.7 Å². The van der Waals surface area contributed by atoms with Crippen LogP contribution in [0.2, 0.25) is 0 Å². The largest absolute Gasteiger partial charge is 0.388 e. The Hall–Kier alpha value is -0.460. The highest BCUT2D eigenvalue weighted by atomic mass is 16.6. The van der Waals surface area contributed by atoms with Crippen molar-refractivity contribution >= 4 is 0 Å². The maximum atomic E-state index is 10.8. The molecule has 1 N–H and O–H groups in total. The third-order valence-electron chi connectivity index (χ3n) is 4.61. The van der Waals surface area contributed by atoms with Gasteiger partial charge in [-0.1, -0.05) is 59.5 Å². The van der Waals surface area contributed by atoms with E-state index in [1.165, 1.54) is 0 Å². The van der Waals surface area contributed by atoms with E-state index >= 15 is 0 Å². The summed E-state index contributed by atoms with van der Waals surface area (Å²) >= 11 is 0. The number of hydrogen-bond acceptors (Lipinski definition) is 5. The van der Waals surface area contributed by atoms with Gasteiger partial charge in [-0.05, 0) is 25.7 Å². The molecule has 0 bridgehead atoms. The van der Waals surface area contributed by atoms with Gasteiger partial charge in [0.05, 0.1) is 6.61 Å². The molecule has 0 heterocycles. The molecular weight excluding hydrogens is 356 g/mol. The van der Waals surface area contributed by atoms with Crippen molar-refractivity contribution in [3.8, 4) is 0 Å². The Morgan fingerprint density at radius 3 is 1.68 bits per heavy atom. The standard InChI is InChI=1S/C23H46O5/c1-6-11-15-25-19-20(24)22(27-17-13-8-3)23(28-18-14-9-4)21(10-5)26-16-12-7-2/h10,20-24H,5-9,11-19H2,1-4H3/t20-,21+,22+,23-/m1/s1. The molecule has 0 aromatic heterocycles. The Kier molecular flexibility index (Phi) is 19.5. The first-order chi connectivity index (χ1) is 13.7. The summed E-state index contributed by atoms with van der Waals surface area (Å²) in [5, 5.41) is 10.8. The second-order valence-corrected chi connectivity index (χ2v) is 7.30. The summed E-state index contributed by atoms with van der Waals surface area (Å²) in [5.74, 6) is 0. The van der Waals surface area contributed by atoms with Gasteiger partial charge in [-0.15, -0.1) is 6.58 Å². The summed E-state index contributed by atoms with van der Waals surface area (Å²) in [6.45, 7) is 15.2. The zero-order chi connectivity index (χ0) is 21.0. The highest BCUT2D eigenvalue weighted by molar-refractivity contribution is 4.94. The van der Waals surface area contributed by atoms with E-state index < -0.39 is 18.3 Å². The second kappa shape index (κ2) is 19.8. The van der Waals surface area contributed by atoms with Crippen molar-refractivity contribution < 1.29 is 24.1 Å². The minimum Gasteiger partial charge on any atom is -0.388 e. The van der Waals surface area contributed by atoms with Gasteiger partial charge in [-0.3, -0.25) is 0 Å². The Balaban J connectivity index is 5.16. The van der Waals surface area contributed by atoms with Gasteiger partial charge < -0.3 is 24.1 Å².